The number of quaternary nitrogens is 1. The number of rotatable bonds is 7. The fraction of sp³-hybridized carbons (Fsp3) is 0.529. The summed E-state index contributed by atoms with van der Waals surface area (Å²) in [4.78, 5) is 5.60. The van der Waals surface area contributed by atoms with E-state index in [9.17, 15) is 8.42 Å². The van der Waals surface area contributed by atoms with Crippen LogP contribution in [0.25, 0.3) is 11.4 Å². The van der Waals surface area contributed by atoms with Gasteiger partial charge < -0.3 is 9.64 Å². The van der Waals surface area contributed by atoms with Crippen LogP contribution in [0.4, 0.5) is 0 Å². The van der Waals surface area contributed by atoms with Gasteiger partial charge in [-0.15, -0.1) is 0 Å². The molecule has 0 spiro atoms. The summed E-state index contributed by atoms with van der Waals surface area (Å²) in [6.45, 7) is 3.87. The molecule has 2 aromatic rings. The van der Waals surface area contributed by atoms with Crippen molar-refractivity contribution in [1.29, 1.82) is 0 Å². The predicted octanol–water partition coefficient (Wildman–Crippen LogP) is 0.592. The molecule has 0 amide bonds. The van der Waals surface area contributed by atoms with Crippen LogP contribution in [0.5, 0.6) is 0 Å². The Kier molecular flexibility index (Phi) is 5.91. The van der Waals surface area contributed by atoms with Gasteiger partial charge in [-0.05, 0) is 19.1 Å². The number of aromatic amines is 1. The maximum Gasteiger partial charge on any atom is 0.221 e. The second kappa shape index (κ2) is 7.99. The molecular formula is C17H25N4O3S2+. The van der Waals surface area contributed by atoms with Crippen molar-refractivity contribution < 1.29 is 18.1 Å². The van der Waals surface area contributed by atoms with Gasteiger partial charge in [0, 0.05) is 19.1 Å². The first-order valence-electron chi connectivity index (χ1n) is 8.66. The molecule has 142 valence electrons. The third kappa shape index (κ3) is 4.59. The lowest BCUT2D eigenvalue weighted by Gasteiger charge is -2.24. The van der Waals surface area contributed by atoms with Crippen LogP contribution in [0.1, 0.15) is 12.0 Å². The Morgan fingerprint density at radius 3 is 2.73 bits per heavy atom. The van der Waals surface area contributed by atoms with Crippen LogP contribution >= 0.6 is 12.2 Å². The molecule has 1 aliphatic rings. The van der Waals surface area contributed by atoms with Gasteiger partial charge in [-0.2, -0.15) is 4.98 Å². The van der Waals surface area contributed by atoms with E-state index < -0.39 is 9.84 Å². The van der Waals surface area contributed by atoms with Crippen molar-refractivity contribution in [2.75, 3.05) is 31.8 Å². The summed E-state index contributed by atoms with van der Waals surface area (Å²) in [6.07, 6.45) is 0.674. The topological polar surface area (TPSA) is 81.4 Å². The molecule has 1 saturated heterocycles. The van der Waals surface area contributed by atoms with Crippen molar-refractivity contribution >= 4 is 22.1 Å². The average Bonchev–Trinajstić information content (AvgIpc) is 3.14. The minimum absolute atomic E-state index is 0.0585. The summed E-state index contributed by atoms with van der Waals surface area (Å²) in [5.41, 5.74) is 2.16. The quantitative estimate of drug-likeness (QED) is 0.669. The first-order chi connectivity index (χ1) is 12.4. The number of sulfone groups is 1. The molecule has 7 nitrogen and oxygen atoms in total. The number of benzene rings is 1. The van der Waals surface area contributed by atoms with Crippen LogP contribution < -0.4 is 4.90 Å². The predicted molar refractivity (Wildman–Crippen MR) is 102 cm³/mol. The number of aromatic nitrogens is 3. The van der Waals surface area contributed by atoms with Crippen molar-refractivity contribution in [2.24, 2.45) is 0 Å². The minimum atomic E-state index is -2.93. The molecule has 26 heavy (non-hydrogen) atoms. The second-order valence-electron chi connectivity index (χ2n) is 6.81. The summed E-state index contributed by atoms with van der Waals surface area (Å²) in [5, 5.41) is 3.26. The van der Waals surface area contributed by atoms with E-state index in [-0.39, 0.29) is 17.5 Å². The Hall–Kier alpha value is -1.55. The normalized spacial score (nSPS) is 20.3. The van der Waals surface area contributed by atoms with Gasteiger partial charge in [0.2, 0.25) is 4.77 Å². The van der Waals surface area contributed by atoms with Crippen molar-refractivity contribution in [3.05, 3.63) is 34.6 Å². The lowest BCUT2D eigenvalue weighted by molar-refractivity contribution is -0.945. The van der Waals surface area contributed by atoms with E-state index >= 15 is 0 Å². The molecule has 0 radical (unpaired) electrons. The van der Waals surface area contributed by atoms with Gasteiger partial charge in [-0.1, -0.05) is 29.8 Å². The highest BCUT2D eigenvalue weighted by Crippen LogP contribution is 2.15. The molecule has 3 rings (SSSR count). The molecule has 0 saturated carbocycles. The maximum absolute atomic E-state index is 11.9. The highest BCUT2D eigenvalue weighted by atomic mass is 32.2. The summed E-state index contributed by atoms with van der Waals surface area (Å²) in [5.74, 6) is 1.20. The lowest BCUT2D eigenvalue weighted by Crippen LogP contribution is -3.16. The van der Waals surface area contributed by atoms with Crippen molar-refractivity contribution in [3.8, 4) is 11.4 Å². The number of H-pyrrole nitrogens is 1. The zero-order valence-corrected chi connectivity index (χ0v) is 16.7. The third-order valence-electron chi connectivity index (χ3n) is 4.80. The number of hydrogen-bond acceptors (Lipinski definition) is 5. The van der Waals surface area contributed by atoms with Gasteiger partial charge in [0.15, 0.2) is 22.3 Å². The van der Waals surface area contributed by atoms with Crippen LogP contribution in [0.2, 0.25) is 0 Å². The van der Waals surface area contributed by atoms with E-state index in [1.165, 1.54) is 5.56 Å². The Morgan fingerprint density at radius 1 is 1.38 bits per heavy atom. The summed E-state index contributed by atoms with van der Waals surface area (Å²) in [6, 6.07) is 8.14. The smallest absolute Gasteiger partial charge is 0.221 e. The SMILES string of the molecule is COCC[NH+](Cn1[nH]c(-c2ccc(C)cc2)nc1=S)[C@H]1CCS(=O)(=O)C1. The highest BCUT2D eigenvalue weighted by molar-refractivity contribution is 7.91. The molecule has 2 heterocycles. The summed E-state index contributed by atoms with van der Waals surface area (Å²) in [7, 11) is -1.28. The number of aryl methyl sites for hydroxylation is 1. The number of hydrogen-bond donors (Lipinski definition) is 2. The van der Waals surface area contributed by atoms with Gasteiger partial charge in [0.1, 0.15) is 18.3 Å². The minimum Gasteiger partial charge on any atom is -0.379 e. The van der Waals surface area contributed by atoms with E-state index in [2.05, 4.69) is 10.1 Å². The van der Waals surface area contributed by atoms with Gasteiger partial charge in [0.25, 0.3) is 0 Å². The Morgan fingerprint density at radius 2 is 2.12 bits per heavy atom. The molecular weight excluding hydrogens is 372 g/mol. The Bertz CT molecular complexity index is 903. The maximum atomic E-state index is 11.9. The van der Waals surface area contributed by atoms with Crippen LogP contribution in [-0.4, -0.2) is 61.0 Å². The molecule has 1 unspecified atom stereocenters. The molecule has 1 aromatic heterocycles. The molecule has 1 aliphatic heterocycles. The zero-order chi connectivity index (χ0) is 18.7. The fourth-order valence-electron chi connectivity index (χ4n) is 3.27. The number of nitrogens with zero attached hydrogens (tertiary/aromatic N) is 2. The van der Waals surface area contributed by atoms with Gasteiger partial charge in [0.05, 0.1) is 12.4 Å². The zero-order valence-electron chi connectivity index (χ0n) is 15.1. The molecule has 2 N–H and O–H groups in total. The Balaban J connectivity index is 1.80. The molecule has 2 atom stereocenters. The average molecular weight is 398 g/mol. The van der Waals surface area contributed by atoms with Crippen LogP contribution in [0, 0.1) is 11.7 Å². The molecule has 0 bridgehead atoms. The molecule has 9 heteroatoms. The number of nitrogens with one attached hydrogen (secondary N) is 2. The van der Waals surface area contributed by atoms with Gasteiger partial charge in [-0.25, -0.2) is 13.1 Å². The first-order valence-corrected chi connectivity index (χ1v) is 10.9. The van der Waals surface area contributed by atoms with E-state index in [0.29, 0.717) is 24.5 Å². The van der Waals surface area contributed by atoms with E-state index in [1.807, 2.05) is 35.9 Å². The standard InChI is InChI=1S/C17H24N4O3S2/c1-13-3-5-14(6-4-13)16-18-17(25)21(19-16)12-20(8-9-24-2)15-7-10-26(22,23)11-15/h3-6,15H,7-12H2,1-2H3,(H,18,19,25)/p+1/t15-/m0/s1. The van der Waals surface area contributed by atoms with Crippen molar-refractivity contribution in [3.63, 3.8) is 0 Å². The highest BCUT2D eigenvalue weighted by Gasteiger charge is 2.35. The Labute approximate surface area is 158 Å². The molecule has 0 aliphatic carbocycles. The summed E-state index contributed by atoms with van der Waals surface area (Å²) < 4.78 is 31.2. The fourth-order valence-corrected chi connectivity index (χ4v) is 5.30. The van der Waals surface area contributed by atoms with E-state index in [4.69, 9.17) is 17.0 Å². The first kappa shape index (κ1) is 19.2. The van der Waals surface area contributed by atoms with Gasteiger partial charge in [-0.3, -0.25) is 5.10 Å². The number of methoxy groups -OCH3 is 1. The van der Waals surface area contributed by atoms with Crippen LogP contribution in [0.15, 0.2) is 24.3 Å². The lowest BCUT2D eigenvalue weighted by atomic mass is 10.1. The van der Waals surface area contributed by atoms with Crippen LogP contribution in [-0.2, 0) is 21.2 Å². The second-order valence-corrected chi connectivity index (χ2v) is 9.40. The van der Waals surface area contributed by atoms with Crippen molar-refractivity contribution in [2.45, 2.75) is 26.1 Å². The van der Waals surface area contributed by atoms with E-state index in [1.54, 1.807) is 7.11 Å². The summed E-state index contributed by atoms with van der Waals surface area (Å²) >= 11 is 5.41. The largest absolute Gasteiger partial charge is 0.379 e. The van der Waals surface area contributed by atoms with Gasteiger partial charge >= 0.3 is 0 Å². The monoisotopic (exact) mass is 397 g/mol. The third-order valence-corrected chi connectivity index (χ3v) is 6.88. The van der Waals surface area contributed by atoms with Crippen molar-refractivity contribution in [1.82, 2.24) is 14.8 Å². The molecule has 1 fully saturated rings. The van der Waals surface area contributed by atoms with Crippen LogP contribution in [0.3, 0.4) is 0 Å². The van der Waals surface area contributed by atoms with E-state index in [0.717, 1.165) is 22.8 Å². The molecule has 1 aromatic carbocycles. The number of ether oxygens (including phenoxy) is 1.